The van der Waals surface area contributed by atoms with Crippen molar-refractivity contribution in [3.8, 4) is 0 Å². The Morgan fingerprint density at radius 3 is 2.46 bits per heavy atom. The zero-order valence-electron chi connectivity index (χ0n) is 14.0. The summed E-state index contributed by atoms with van der Waals surface area (Å²) in [6, 6.07) is 18.0. The fourth-order valence-electron chi connectivity index (χ4n) is 2.03. The van der Waals surface area contributed by atoms with Crippen molar-refractivity contribution < 1.29 is 4.79 Å². The minimum Gasteiger partial charge on any atom is -0.324 e. The van der Waals surface area contributed by atoms with Crippen molar-refractivity contribution in [3.05, 3.63) is 54.6 Å². The van der Waals surface area contributed by atoms with E-state index in [0.29, 0.717) is 5.75 Å². The Hall–Kier alpha value is -1.48. The summed E-state index contributed by atoms with van der Waals surface area (Å²) in [6.07, 6.45) is 0. The zero-order chi connectivity index (χ0) is 18.2. The van der Waals surface area contributed by atoms with Crippen LogP contribution in [0.3, 0.4) is 0 Å². The summed E-state index contributed by atoms with van der Waals surface area (Å²) >= 11 is 6.25. The number of nitrogens with one attached hydrogen (secondary N) is 1. The molecule has 3 aromatic rings. The first kappa shape index (κ1) is 19.3. The van der Waals surface area contributed by atoms with Crippen LogP contribution in [0.2, 0.25) is 0 Å². The monoisotopic (exact) mass is 419 g/mol. The molecule has 4 nitrogen and oxygen atoms in total. The van der Waals surface area contributed by atoms with E-state index >= 15 is 0 Å². The van der Waals surface area contributed by atoms with Crippen LogP contribution in [0.15, 0.2) is 73.1 Å². The highest BCUT2D eigenvalue weighted by molar-refractivity contribution is 8.03. The highest BCUT2D eigenvalue weighted by Crippen LogP contribution is 2.33. The molecule has 0 fully saturated rings. The quantitative estimate of drug-likeness (QED) is 0.484. The largest absolute Gasteiger partial charge is 0.324 e. The number of hydrogen-bond acceptors (Lipinski definition) is 7. The molecule has 26 heavy (non-hydrogen) atoms. The maximum absolute atomic E-state index is 12.3. The molecular formula is C18H17N3OS4. The van der Waals surface area contributed by atoms with Crippen LogP contribution in [0.5, 0.6) is 0 Å². The first-order valence-electron chi connectivity index (χ1n) is 7.95. The van der Waals surface area contributed by atoms with E-state index in [1.807, 2.05) is 42.5 Å². The predicted molar refractivity (Wildman–Crippen MR) is 113 cm³/mol. The van der Waals surface area contributed by atoms with E-state index in [4.69, 9.17) is 0 Å². The van der Waals surface area contributed by atoms with Gasteiger partial charge in [-0.1, -0.05) is 83.9 Å². The van der Waals surface area contributed by atoms with Crippen molar-refractivity contribution in [1.82, 2.24) is 10.2 Å². The van der Waals surface area contributed by atoms with Crippen LogP contribution in [-0.2, 0) is 4.79 Å². The average Bonchev–Trinajstić information content (AvgIpc) is 3.10. The minimum absolute atomic E-state index is 0.0454. The van der Waals surface area contributed by atoms with Crippen molar-refractivity contribution >= 4 is 58.2 Å². The summed E-state index contributed by atoms with van der Waals surface area (Å²) in [5.41, 5.74) is 0.825. The normalized spacial score (nSPS) is 10.7. The molecule has 3 rings (SSSR count). The number of rotatable bonds is 8. The minimum atomic E-state index is -0.0454. The first-order chi connectivity index (χ1) is 12.7. The maximum atomic E-state index is 12.3. The first-order valence-corrected chi connectivity index (χ1v) is 11.6. The number of benzene rings is 2. The number of thioether (sulfide) groups is 2. The van der Waals surface area contributed by atoms with E-state index in [-0.39, 0.29) is 5.91 Å². The number of aromatic nitrogens is 2. The van der Waals surface area contributed by atoms with Crippen LogP contribution in [0.4, 0.5) is 5.69 Å². The SMILES string of the molecule is CCSc1nnc(SCC(=O)Nc2ccccc2Sc2ccccc2)s1. The fraction of sp³-hybridized carbons (Fsp3) is 0.167. The number of carbonyl (C=O) groups is 1. The molecule has 0 unspecified atom stereocenters. The van der Waals surface area contributed by atoms with Crippen molar-refractivity contribution in [2.75, 3.05) is 16.8 Å². The van der Waals surface area contributed by atoms with Crippen molar-refractivity contribution in [2.24, 2.45) is 0 Å². The van der Waals surface area contributed by atoms with E-state index in [1.165, 1.54) is 23.1 Å². The van der Waals surface area contributed by atoms with Gasteiger partial charge < -0.3 is 5.32 Å². The number of para-hydroxylation sites is 1. The highest BCUT2D eigenvalue weighted by Gasteiger charge is 2.11. The second-order valence-corrected chi connectivity index (χ2v) is 9.84. The third kappa shape index (κ3) is 5.77. The number of hydrogen-bond donors (Lipinski definition) is 1. The van der Waals surface area contributed by atoms with Gasteiger partial charge in [0.1, 0.15) is 0 Å². The summed E-state index contributed by atoms with van der Waals surface area (Å²) in [4.78, 5) is 14.5. The van der Waals surface area contributed by atoms with Gasteiger partial charge in [0.25, 0.3) is 0 Å². The zero-order valence-corrected chi connectivity index (χ0v) is 17.3. The Morgan fingerprint density at radius 2 is 1.69 bits per heavy atom. The van der Waals surface area contributed by atoms with Crippen LogP contribution < -0.4 is 5.32 Å². The summed E-state index contributed by atoms with van der Waals surface area (Å²) in [5.74, 6) is 1.24. The van der Waals surface area contributed by atoms with Gasteiger partial charge in [-0.2, -0.15) is 0 Å². The average molecular weight is 420 g/mol. The Kier molecular flexibility index (Phi) is 7.43. The van der Waals surface area contributed by atoms with Crippen LogP contribution >= 0.6 is 46.6 Å². The van der Waals surface area contributed by atoms with Crippen molar-refractivity contribution in [3.63, 3.8) is 0 Å². The summed E-state index contributed by atoms with van der Waals surface area (Å²) < 4.78 is 1.77. The lowest BCUT2D eigenvalue weighted by atomic mass is 10.3. The predicted octanol–water partition coefficient (Wildman–Crippen LogP) is 5.53. The van der Waals surface area contributed by atoms with Gasteiger partial charge in [0.2, 0.25) is 5.91 Å². The van der Waals surface area contributed by atoms with Gasteiger partial charge in [-0.3, -0.25) is 4.79 Å². The third-order valence-electron chi connectivity index (χ3n) is 3.11. The molecule has 0 radical (unpaired) electrons. The van der Waals surface area contributed by atoms with Crippen LogP contribution in [0.25, 0.3) is 0 Å². The molecule has 134 valence electrons. The molecule has 8 heteroatoms. The second-order valence-electron chi connectivity index (χ2n) is 5.02. The van der Waals surface area contributed by atoms with Crippen LogP contribution in [0, 0.1) is 0 Å². The molecule has 2 aromatic carbocycles. The smallest absolute Gasteiger partial charge is 0.234 e. The second kappa shape index (κ2) is 10.0. The molecule has 0 saturated heterocycles. The molecule has 0 aliphatic carbocycles. The molecule has 0 bridgehead atoms. The topological polar surface area (TPSA) is 54.9 Å². The maximum Gasteiger partial charge on any atom is 0.234 e. The lowest BCUT2D eigenvalue weighted by molar-refractivity contribution is -0.113. The van der Waals surface area contributed by atoms with E-state index in [1.54, 1.807) is 23.5 Å². The number of nitrogens with zero attached hydrogens (tertiary/aromatic N) is 2. The molecule has 0 atom stereocenters. The van der Waals surface area contributed by atoms with Gasteiger partial charge in [-0.05, 0) is 30.0 Å². The van der Waals surface area contributed by atoms with E-state index in [9.17, 15) is 4.79 Å². The Bertz CT molecular complexity index is 854. The van der Waals surface area contributed by atoms with Gasteiger partial charge in [0.15, 0.2) is 8.68 Å². The third-order valence-corrected chi connectivity index (χ3v) is 7.27. The molecule has 0 spiro atoms. The van der Waals surface area contributed by atoms with Crippen molar-refractivity contribution in [1.29, 1.82) is 0 Å². The summed E-state index contributed by atoms with van der Waals surface area (Å²) in [5, 5.41) is 11.2. The van der Waals surface area contributed by atoms with E-state index < -0.39 is 0 Å². The standard InChI is InChI=1S/C18H17N3OS4/c1-2-23-17-20-21-18(26-17)24-12-16(22)19-14-10-6-7-11-15(14)25-13-8-4-3-5-9-13/h3-11H,2,12H2,1H3,(H,19,22). The Morgan fingerprint density at radius 1 is 1.00 bits per heavy atom. The van der Waals surface area contributed by atoms with Crippen LogP contribution in [-0.4, -0.2) is 27.6 Å². The Balaban J connectivity index is 1.58. The summed E-state index contributed by atoms with van der Waals surface area (Å²) in [6.45, 7) is 2.08. The van der Waals surface area contributed by atoms with Crippen LogP contribution in [0.1, 0.15) is 6.92 Å². The van der Waals surface area contributed by atoms with Gasteiger partial charge in [0, 0.05) is 9.79 Å². The molecule has 1 aromatic heterocycles. The van der Waals surface area contributed by atoms with E-state index in [2.05, 4.69) is 34.6 Å². The summed E-state index contributed by atoms with van der Waals surface area (Å²) in [7, 11) is 0. The highest BCUT2D eigenvalue weighted by atomic mass is 32.2. The molecule has 0 aliphatic rings. The van der Waals surface area contributed by atoms with Gasteiger partial charge >= 0.3 is 0 Å². The van der Waals surface area contributed by atoms with Gasteiger partial charge in [0.05, 0.1) is 11.4 Å². The van der Waals surface area contributed by atoms with Gasteiger partial charge in [-0.15, -0.1) is 10.2 Å². The van der Waals surface area contributed by atoms with Gasteiger partial charge in [-0.25, -0.2) is 0 Å². The molecule has 1 N–H and O–H groups in total. The molecule has 0 aliphatic heterocycles. The lowest BCUT2D eigenvalue weighted by Gasteiger charge is -2.10. The lowest BCUT2D eigenvalue weighted by Crippen LogP contribution is -2.14. The van der Waals surface area contributed by atoms with E-state index in [0.717, 1.165) is 29.9 Å². The number of carbonyl (C=O) groups excluding carboxylic acids is 1. The number of amides is 1. The fourth-order valence-corrected chi connectivity index (χ4v) is 5.67. The molecule has 1 heterocycles. The Labute approximate surface area is 169 Å². The molecule has 0 saturated carbocycles. The molecule has 1 amide bonds. The van der Waals surface area contributed by atoms with Crippen molar-refractivity contribution in [2.45, 2.75) is 25.4 Å². The molecular weight excluding hydrogens is 402 g/mol. The number of anilines is 1.